The molecule has 0 saturated heterocycles. The van der Waals surface area contributed by atoms with Gasteiger partial charge in [-0.3, -0.25) is 4.79 Å². The Morgan fingerprint density at radius 2 is 1.32 bits per heavy atom. The number of pyridine rings is 1. The number of amides is 1. The van der Waals surface area contributed by atoms with Crippen molar-refractivity contribution in [1.29, 1.82) is 0 Å². The van der Waals surface area contributed by atoms with Gasteiger partial charge in [0.2, 0.25) is 5.69 Å². The van der Waals surface area contributed by atoms with Crippen LogP contribution in [-0.2, 0) is 25.0 Å². The van der Waals surface area contributed by atoms with Crippen molar-refractivity contribution in [2.45, 2.75) is 137 Å². The van der Waals surface area contributed by atoms with Crippen LogP contribution < -0.4 is 9.30 Å². The number of ether oxygens (including phenoxy) is 1. The molecule has 1 aromatic heterocycles. The highest BCUT2D eigenvalue weighted by Gasteiger charge is 2.25. The average molecular weight is 600 g/mol. The highest BCUT2D eigenvalue weighted by Crippen LogP contribution is 2.35. The van der Waals surface area contributed by atoms with E-state index in [0.29, 0.717) is 25.3 Å². The summed E-state index contributed by atoms with van der Waals surface area (Å²) in [7, 11) is 0. The largest absolute Gasteiger partial charge is 0.493 e. The number of para-hydroxylation sites is 1. The molecule has 0 saturated carbocycles. The van der Waals surface area contributed by atoms with Crippen molar-refractivity contribution in [3.05, 3.63) is 95.3 Å². The first-order valence-corrected chi connectivity index (χ1v) is 17.4. The molecule has 0 aliphatic carbocycles. The zero-order chi connectivity index (χ0) is 31.6. The van der Waals surface area contributed by atoms with Crippen LogP contribution in [0.2, 0.25) is 0 Å². The first kappa shape index (κ1) is 35.3. The molecular formula is C40H59N2O2+. The van der Waals surface area contributed by atoms with Crippen LogP contribution in [0.25, 0.3) is 0 Å². The third-order valence-electron chi connectivity index (χ3n) is 8.55. The number of aryl methyl sites for hydroxylation is 1. The number of hydrogen-bond donors (Lipinski definition) is 0. The van der Waals surface area contributed by atoms with Gasteiger partial charge < -0.3 is 9.64 Å². The molecule has 1 amide bonds. The van der Waals surface area contributed by atoms with Crippen LogP contribution >= 0.6 is 0 Å². The number of benzene rings is 2. The first-order chi connectivity index (χ1) is 21.3. The quantitative estimate of drug-likeness (QED) is 0.0956. The van der Waals surface area contributed by atoms with Gasteiger partial charge in [0, 0.05) is 23.3 Å². The SMILES string of the molecule is CCCCCCCCCCCCCCOc1c(CN(Cc2cccc[n+]2CC)C(=O)c2ccccc2)cccc1C(C)(C)C. The zero-order valence-corrected chi connectivity index (χ0v) is 28.5. The summed E-state index contributed by atoms with van der Waals surface area (Å²) in [6, 6.07) is 22.3. The van der Waals surface area contributed by atoms with Crippen LogP contribution in [0.5, 0.6) is 5.75 Å². The van der Waals surface area contributed by atoms with E-state index in [4.69, 9.17) is 4.74 Å². The summed E-state index contributed by atoms with van der Waals surface area (Å²) in [6.45, 7) is 13.7. The molecule has 0 atom stereocenters. The molecular weight excluding hydrogens is 540 g/mol. The zero-order valence-electron chi connectivity index (χ0n) is 28.5. The van der Waals surface area contributed by atoms with E-state index in [2.05, 4.69) is 75.7 Å². The summed E-state index contributed by atoms with van der Waals surface area (Å²) in [6.07, 6.45) is 18.0. The smallest absolute Gasteiger partial charge is 0.254 e. The summed E-state index contributed by atoms with van der Waals surface area (Å²) in [4.78, 5) is 15.9. The van der Waals surface area contributed by atoms with E-state index in [1.54, 1.807) is 0 Å². The molecule has 0 unspecified atom stereocenters. The van der Waals surface area contributed by atoms with Gasteiger partial charge in [0.15, 0.2) is 6.20 Å². The van der Waals surface area contributed by atoms with E-state index in [1.165, 1.54) is 76.2 Å². The Morgan fingerprint density at radius 3 is 1.93 bits per heavy atom. The average Bonchev–Trinajstić information content (AvgIpc) is 3.03. The van der Waals surface area contributed by atoms with Gasteiger partial charge in [-0.25, -0.2) is 4.57 Å². The molecule has 0 aliphatic heterocycles. The summed E-state index contributed by atoms with van der Waals surface area (Å²) < 4.78 is 8.84. The van der Waals surface area contributed by atoms with Gasteiger partial charge in [-0.15, -0.1) is 0 Å². The fraction of sp³-hybridized carbons (Fsp3) is 0.550. The molecule has 0 N–H and O–H groups in total. The molecule has 2 aromatic carbocycles. The van der Waals surface area contributed by atoms with E-state index >= 15 is 0 Å². The Balaban J connectivity index is 1.66. The lowest BCUT2D eigenvalue weighted by Gasteiger charge is -2.28. The van der Waals surface area contributed by atoms with E-state index in [0.717, 1.165) is 30.0 Å². The summed E-state index contributed by atoms with van der Waals surface area (Å²) in [5.41, 5.74) is 4.02. The normalized spacial score (nSPS) is 11.5. The van der Waals surface area contributed by atoms with Crippen molar-refractivity contribution in [3.8, 4) is 5.75 Å². The monoisotopic (exact) mass is 599 g/mol. The number of aromatic nitrogens is 1. The lowest BCUT2D eigenvalue weighted by Crippen LogP contribution is -2.41. The Kier molecular flexibility index (Phi) is 15.5. The highest BCUT2D eigenvalue weighted by atomic mass is 16.5. The molecule has 0 radical (unpaired) electrons. The third-order valence-corrected chi connectivity index (χ3v) is 8.55. The van der Waals surface area contributed by atoms with Crippen molar-refractivity contribution < 1.29 is 14.1 Å². The summed E-state index contributed by atoms with van der Waals surface area (Å²) in [5, 5.41) is 0. The van der Waals surface area contributed by atoms with Gasteiger partial charge in [0.25, 0.3) is 5.91 Å². The Labute approximate surface area is 268 Å². The summed E-state index contributed by atoms with van der Waals surface area (Å²) >= 11 is 0. The van der Waals surface area contributed by atoms with Crippen molar-refractivity contribution in [2.24, 2.45) is 0 Å². The van der Waals surface area contributed by atoms with Crippen LogP contribution in [0.15, 0.2) is 72.9 Å². The number of hydrogen-bond acceptors (Lipinski definition) is 2. The maximum atomic E-state index is 13.9. The van der Waals surface area contributed by atoms with Gasteiger partial charge in [-0.05, 0) is 36.5 Å². The Morgan fingerprint density at radius 1 is 0.705 bits per heavy atom. The first-order valence-electron chi connectivity index (χ1n) is 17.4. The van der Waals surface area contributed by atoms with E-state index in [1.807, 2.05) is 41.3 Å². The van der Waals surface area contributed by atoms with E-state index < -0.39 is 0 Å². The number of carbonyl (C=O) groups excluding carboxylic acids is 1. The van der Waals surface area contributed by atoms with Crippen LogP contribution in [0.1, 0.15) is 139 Å². The highest BCUT2D eigenvalue weighted by molar-refractivity contribution is 5.94. The minimum Gasteiger partial charge on any atom is -0.493 e. The number of rotatable bonds is 20. The molecule has 3 aromatic rings. The molecule has 3 rings (SSSR count). The van der Waals surface area contributed by atoms with Gasteiger partial charge in [-0.1, -0.05) is 141 Å². The fourth-order valence-corrected chi connectivity index (χ4v) is 5.92. The van der Waals surface area contributed by atoms with Crippen LogP contribution in [0, 0.1) is 0 Å². The predicted octanol–water partition coefficient (Wildman–Crippen LogP) is 10.2. The van der Waals surface area contributed by atoms with Crippen molar-refractivity contribution in [1.82, 2.24) is 4.90 Å². The van der Waals surface area contributed by atoms with Crippen molar-refractivity contribution in [2.75, 3.05) is 6.61 Å². The topological polar surface area (TPSA) is 33.4 Å². The minimum atomic E-state index is -0.0686. The van der Waals surface area contributed by atoms with Crippen molar-refractivity contribution in [3.63, 3.8) is 0 Å². The van der Waals surface area contributed by atoms with Crippen molar-refractivity contribution >= 4 is 5.91 Å². The molecule has 0 bridgehead atoms. The van der Waals surface area contributed by atoms with E-state index in [-0.39, 0.29) is 11.3 Å². The fourth-order valence-electron chi connectivity index (χ4n) is 5.92. The van der Waals surface area contributed by atoms with Gasteiger partial charge in [0.1, 0.15) is 18.8 Å². The Hall–Kier alpha value is -3.14. The van der Waals surface area contributed by atoms with Crippen LogP contribution in [0.4, 0.5) is 0 Å². The minimum absolute atomic E-state index is 0.0326. The molecule has 4 heteroatoms. The molecule has 240 valence electrons. The second-order valence-corrected chi connectivity index (χ2v) is 13.3. The lowest BCUT2D eigenvalue weighted by atomic mass is 9.85. The number of carbonyl (C=O) groups is 1. The molecule has 1 heterocycles. The van der Waals surface area contributed by atoms with Gasteiger partial charge >= 0.3 is 0 Å². The predicted molar refractivity (Wildman–Crippen MR) is 184 cm³/mol. The molecule has 4 nitrogen and oxygen atoms in total. The second-order valence-electron chi connectivity index (χ2n) is 13.3. The molecule has 0 aliphatic rings. The standard InChI is InChI=1S/C40H59N2O2/c1-6-8-9-10-11-12-13-14-15-16-17-23-31-44-38-35(27-24-29-37(38)40(3,4)5)32-42(39(43)34-25-19-18-20-26-34)33-36-28-21-22-30-41(36)7-2/h18-22,24-30H,6-17,23,31-33H2,1-5H3/q+1. The maximum Gasteiger partial charge on any atom is 0.254 e. The number of unbranched alkanes of at least 4 members (excludes halogenated alkanes) is 11. The summed E-state index contributed by atoms with van der Waals surface area (Å²) in [5.74, 6) is 0.982. The van der Waals surface area contributed by atoms with Crippen LogP contribution in [0.3, 0.4) is 0 Å². The van der Waals surface area contributed by atoms with Gasteiger partial charge in [-0.2, -0.15) is 0 Å². The number of nitrogens with zero attached hydrogens (tertiary/aromatic N) is 2. The lowest BCUT2D eigenvalue weighted by molar-refractivity contribution is -0.701. The molecule has 0 fully saturated rings. The molecule has 0 spiro atoms. The Bertz CT molecular complexity index is 1230. The second kappa shape index (κ2) is 19.3. The van der Waals surface area contributed by atoms with E-state index in [9.17, 15) is 4.79 Å². The maximum absolute atomic E-state index is 13.9. The van der Waals surface area contributed by atoms with Gasteiger partial charge in [0.05, 0.1) is 13.2 Å². The molecule has 44 heavy (non-hydrogen) atoms. The van der Waals surface area contributed by atoms with Crippen LogP contribution in [-0.4, -0.2) is 17.4 Å². The third kappa shape index (κ3) is 11.7.